The monoisotopic (exact) mass is 289 g/mol. The van der Waals surface area contributed by atoms with E-state index in [1.165, 1.54) is 0 Å². The predicted octanol–water partition coefficient (Wildman–Crippen LogP) is 0.905. The molecular formula is C14H19N5O2. The smallest absolute Gasteiger partial charge is 0.225 e. The fourth-order valence-corrected chi connectivity index (χ4v) is 2.55. The topological polar surface area (TPSA) is 76.0 Å². The molecule has 112 valence electrons. The number of amides is 1. The number of rotatable bonds is 4. The fraction of sp³-hybridized carbons (Fsp3) is 0.500. The van der Waals surface area contributed by atoms with E-state index in [4.69, 9.17) is 4.74 Å². The van der Waals surface area contributed by atoms with Gasteiger partial charge in [-0.3, -0.25) is 14.6 Å². The van der Waals surface area contributed by atoms with E-state index in [-0.39, 0.29) is 11.9 Å². The van der Waals surface area contributed by atoms with E-state index in [0.29, 0.717) is 32.7 Å². The molecule has 21 heavy (non-hydrogen) atoms. The highest BCUT2D eigenvalue weighted by Crippen LogP contribution is 2.23. The summed E-state index contributed by atoms with van der Waals surface area (Å²) < 4.78 is 7.30. The molecule has 1 N–H and O–H groups in total. The van der Waals surface area contributed by atoms with Crippen LogP contribution < -0.4 is 0 Å². The first kappa shape index (κ1) is 13.8. The van der Waals surface area contributed by atoms with Crippen LogP contribution in [-0.2, 0) is 16.1 Å². The molecule has 0 spiro atoms. The van der Waals surface area contributed by atoms with Crippen LogP contribution >= 0.6 is 0 Å². The van der Waals surface area contributed by atoms with Gasteiger partial charge in [0.2, 0.25) is 5.91 Å². The summed E-state index contributed by atoms with van der Waals surface area (Å²) in [5.74, 6) is 0.117. The molecule has 1 saturated heterocycles. The highest BCUT2D eigenvalue weighted by molar-refractivity contribution is 5.76. The lowest BCUT2D eigenvalue weighted by Crippen LogP contribution is -2.43. The van der Waals surface area contributed by atoms with Crippen LogP contribution in [0.25, 0.3) is 0 Å². The first-order chi connectivity index (χ1) is 10.2. The van der Waals surface area contributed by atoms with Gasteiger partial charge in [-0.25, -0.2) is 0 Å². The van der Waals surface area contributed by atoms with Crippen molar-refractivity contribution in [2.75, 3.05) is 19.8 Å². The largest absolute Gasteiger partial charge is 0.377 e. The summed E-state index contributed by atoms with van der Waals surface area (Å²) in [6.07, 6.45) is 4.03. The summed E-state index contributed by atoms with van der Waals surface area (Å²) in [5.41, 5.74) is 1.88. The Kier molecular flexibility index (Phi) is 4.01. The van der Waals surface area contributed by atoms with E-state index in [1.807, 2.05) is 30.2 Å². The van der Waals surface area contributed by atoms with Crippen molar-refractivity contribution in [3.8, 4) is 0 Å². The standard InChI is InChI=1S/C14H19N5O2/c1-11-3-6-18(17-11)7-4-14(20)19-8-9-21-10-13(19)12-2-5-15-16-12/h2-3,5-6,13H,4,7-10H2,1H3,(H,15,16)/t13-/m0/s1. The maximum absolute atomic E-state index is 12.5. The number of H-pyrrole nitrogens is 1. The predicted molar refractivity (Wildman–Crippen MR) is 75.4 cm³/mol. The van der Waals surface area contributed by atoms with E-state index in [0.717, 1.165) is 11.4 Å². The van der Waals surface area contributed by atoms with E-state index < -0.39 is 0 Å². The highest BCUT2D eigenvalue weighted by atomic mass is 16.5. The van der Waals surface area contributed by atoms with Gasteiger partial charge in [-0.15, -0.1) is 0 Å². The fourth-order valence-electron chi connectivity index (χ4n) is 2.55. The Balaban J connectivity index is 1.64. The van der Waals surface area contributed by atoms with Crippen molar-refractivity contribution < 1.29 is 9.53 Å². The van der Waals surface area contributed by atoms with Gasteiger partial charge in [0.15, 0.2) is 0 Å². The third-order valence-corrected chi connectivity index (χ3v) is 3.66. The van der Waals surface area contributed by atoms with E-state index >= 15 is 0 Å². The lowest BCUT2D eigenvalue weighted by Gasteiger charge is -2.35. The third-order valence-electron chi connectivity index (χ3n) is 3.66. The lowest BCUT2D eigenvalue weighted by molar-refractivity contribution is -0.140. The number of aromatic amines is 1. The molecule has 0 aromatic carbocycles. The quantitative estimate of drug-likeness (QED) is 0.907. The zero-order valence-electron chi connectivity index (χ0n) is 12.0. The van der Waals surface area contributed by atoms with Crippen LogP contribution in [0.5, 0.6) is 0 Å². The second-order valence-electron chi connectivity index (χ2n) is 5.16. The number of nitrogens with zero attached hydrogens (tertiary/aromatic N) is 4. The van der Waals surface area contributed by atoms with E-state index in [1.54, 1.807) is 10.9 Å². The minimum Gasteiger partial charge on any atom is -0.377 e. The number of nitrogens with one attached hydrogen (secondary N) is 1. The van der Waals surface area contributed by atoms with Crippen molar-refractivity contribution in [3.05, 3.63) is 35.9 Å². The number of aryl methyl sites for hydroxylation is 2. The van der Waals surface area contributed by atoms with Gasteiger partial charge in [0.25, 0.3) is 0 Å². The lowest BCUT2D eigenvalue weighted by atomic mass is 10.1. The van der Waals surface area contributed by atoms with Crippen LogP contribution in [0.1, 0.15) is 23.9 Å². The Hall–Kier alpha value is -2.15. The number of carbonyl (C=O) groups excluding carboxylic acids is 1. The number of morpholine rings is 1. The van der Waals surface area contributed by atoms with Gasteiger partial charge < -0.3 is 9.64 Å². The van der Waals surface area contributed by atoms with Gasteiger partial charge in [-0.2, -0.15) is 10.2 Å². The molecule has 1 fully saturated rings. The summed E-state index contributed by atoms with van der Waals surface area (Å²) >= 11 is 0. The number of ether oxygens (including phenoxy) is 1. The van der Waals surface area contributed by atoms with Gasteiger partial charge in [0, 0.05) is 31.9 Å². The number of hydrogen-bond donors (Lipinski definition) is 1. The van der Waals surface area contributed by atoms with Crippen LogP contribution in [-0.4, -0.2) is 50.5 Å². The molecule has 7 nitrogen and oxygen atoms in total. The number of hydrogen-bond acceptors (Lipinski definition) is 4. The van der Waals surface area contributed by atoms with Crippen LogP contribution in [0.15, 0.2) is 24.5 Å². The van der Waals surface area contributed by atoms with Crippen molar-refractivity contribution in [1.29, 1.82) is 0 Å². The molecule has 7 heteroatoms. The Bertz CT molecular complexity index is 592. The molecule has 1 aliphatic rings. The molecule has 3 rings (SSSR count). The average molecular weight is 289 g/mol. The van der Waals surface area contributed by atoms with Crippen LogP contribution in [0.2, 0.25) is 0 Å². The van der Waals surface area contributed by atoms with E-state index in [9.17, 15) is 4.79 Å². The zero-order chi connectivity index (χ0) is 14.7. The zero-order valence-corrected chi connectivity index (χ0v) is 12.0. The second-order valence-corrected chi connectivity index (χ2v) is 5.16. The Morgan fingerprint density at radius 1 is 1.52 bits per heavy atom. The Morgan fingerprint density at radius 2 is 2.43 bits per heavy atom. The van der Waals surface area contributed by atoms with E-state index in [2.05, 4.69) is 15.3 Å². The van der Waals surface area contributed by atoms with Crippen LogP contribution in [0.4, 0.5) is 0 Å². The van der Waals surface area contributed by atoms with Crippen molar-refractivity contribution in [3.63, 3.8) is 0 Å². The summed E-state index contributed by atoms with van der Waals surface area (Å²) in [5, 5.41) is 11.2. The molecule has 1 atom stereocenters. The highest BCUT2D eigenvalue weighted by Gasteiger charge is 2.29. The number of aromatic nitrogens is 4. The summed E-state index contributed by atoms with van der Waals surface area (Å²) in [6.45, 7) is 4.24. The molecule has 2 aromatic heterocycles. The van der Waals surface area contributed by atoms with Crippen molar-refractivity contribution >= 4 is 5.91 Å². The summed E-state index contributed by atoms with van der Waals surface area (Å²) in [7, 11) is 0. The molecule has 0 bridgehead atoms. The maximum Gasteiger partial charge on any atom is 0.225 e. The maximum atomic E-state index is 12.5. The minimum absolute atomic E-state index is 0.0758. The van der Waals surface area contributed by atoms with Gasteiger partial charge in [-0.1, -0.05) is 0 Å². The van der Waals surface area contributed by atoms with Gasteiger partial charge in [0.05, 0.1) is 30.6 Å². The Labute approximate surface area is 122 Å². The van der Waals surface area contributed by atoms with Crippen molar-refractivity contribution in [2.24, 2.45) is 0 Å². The van der Waals surface area contributed by atoms with Gasteiger partial charge in [0.1, 0.15) is 0 Å². The Morgan fingerprint density at radius 3 is 3.14 bits per heavy atom. The van der Waals surface area contributed by atoms with Crippen LogP contribution in [0, 0.1) is 6.92 Å². The molecule has 1 aliphatic heterocycles. The molecule has 1 amide bonds. The van der Waals surface area contributed by atoms with Gasteiger partial charge >= 0.3 is 0 Å². The third kappa shape index (κ3) is 3.13. The summed E-state index contributed by atoms with van der Waals surface area (Å²) in [6, 6.07) is 3.75. The molecule has 3 heterocycles. The molecule has 0 radical (unpaired) electrons. The SMILES string of the molecule is Cc1ccn(CCC(=O)N2CCOC[C@H]2c2ccn[nH]2)n1. The average Bonchev–Trinajstić information content (AvgIpc) is 3.16. The molecular weight excluding hydrogens is 270 g/mol. The minimum atomic E-state index is -0.0758. The molecule has 0 saturated carbocycles. The second kappa shape index (κ2) is 6.09. The first-order valence-corrected chi connectivity index (χ1v) is 7.10. The van der Waals surface area contributed by atoms with Crippen LogP contribution in [0.3, 0.4) is 0 Å². The van der Waals surface area contributed by atoms with Crippen molar-refractivity contribution in [1.82, 2.24) is 24.9 Å². The molecule has 0 aliphatic carbocycles. The normalized spacial score (nSPS) is 18.9. The molecule has 2 aromatic rings. The number of carbonyl (C=O) groups is 1. The first-order valence-electron chi connectivity index (χ1n) is 7.10. The summed E-state index contributed by atoms with van der Waals surface area (Å²) in [4.78, 5) is 14.3. The molecule has 0 unspecified atom stereocenters. The van der Waals surface area contributed by atoms with Crippen molar-refractivity contribution in [2.45, 2.75) is 25.9 Å². The van der Waals surface area contributed by atoms with Gasteiger partial charge in [-0.05, 0) is 19.1 Å².